The zero-order valence-corrected chi connectivity index (χ0v) is 17.4. The Labute approximate surface area is 185 Å². The van der Waals surface area contributed by atoms with Gasteiger partial charge in [0.15, 0.2) is 0 Å². The minimum atomic E-state index is -0.796. The average molecular weight is 430 g/mol. The Morgan fingerprint density at radius 2 is 1.62 bits per heavy atom. The maximum absolute atomic E-state index is 12.5. The third-order valence-electron chi connectivity index (χ3n) is 4.69. The summed E-state index contributed by atoms with van der Waals surface area (Å²) in [6, 6.07) is 23.5. The van der Waals surface area contributed by atoms with Crippen LogP contribution in [0.5, 0.6) is 17.2 Å². The van der Waals surface area contributed by atoms with Crippen molar-refractivity contribution in [2.45, 2.75) is 12.6 Å². The number of para-hydroxylation sites is 1. The maximum atomic E-state index is 12.5. The highest BCUT2D eigenvalue weighted by Crippen LogP contribution is 2.23. The van der Waals surface area contributed by atoms with Gasteiger partial charge in [-0.1, -0.05) is 30.3 Å². The zero-order chi connectivity index (χ0) is 22.3. The van der Waals surface area contributed by atoms with Crippen molar-refractivity contribution in [1.29, 1.82) is 0 Å². The number of ether oxygens (including phenoxy) is 2. The molecule has 32 heavy (non-hydrogen) atoms. The Morgan fingerprint density at radius 3 is 2.31 bits per heavy atom. The van der Waals surface area contributed by atoms with E-state index in [2.05, 4.69) is 15.4 Å². The molecule has 1 aromatic heterocycles. The number of carbonyl (C=O) groups excluding carboxylic acids is 1. The van der Waals surface area contributed by atoms with Crippen LogP contribution in [0.15, 0.2) is 85.2 Å². The van der Waals surface area contributed by atoms with Crippen molar-refractivity contribution < 1.29 is 19.4 Å². The lowest BCUT2D eigenvalue weighted by Crippen LogP contribution is -2.15. The van der Waals surface area contributed by atoms with Gasteiger partial charge in [-0.15, -0.1) is 5.10 Å². The number of benzene rings is 3. The van der Waals surface area contributed by atoms with Gasteiger partial charge in [0.05, 0.1) is 19.8 Å². The van der Waals surface area contributed by atoms with Crippen LogP contribution in [0.2, 0.25) is 0 Å². The molecule has 0 aliphatic heterocycles. The second-order valence-corrected chi connectivity index (χ2v) is 6.97. The Balaban J connectivity index is 1.34. The Morgan fingerprint density at radius 1 is 0.969 bits per heavy atom. The van der Waals surface area contributed by atoms with E-state index in [0.717, 1.165) is 5.75 Å². The van der Waals surface area contributed by atoms with E-state index in [1.165, 1.54) is 11.0 Å². The number of aliphatic hydroxyl groups excluding tert-OH is 1. The molecule has 0 saturated carbocycles. The summed E-state index contributed by atoms with van der Waals surface area (Å²) in [4.78, 5) is 16.5. The quantitative estimate of drug-likeness (QED) is 0.437. The average Bonchev–Trinajstić information content (AvgIpc) is 3.30. The first-order valence-corrected chi connectivity index (χ1v) is 9.96. The number of aliphatic hydroxyl groups is 1. The first kappa shape index (κ1) is 21.1. The second-order valence-electron chi connectivity index (χ2n) is 6.97. The van der Waals surface area contributed by atoms with Crippen LogP contribution in [0.25, 0.3) is 0 Å². The van der Waals surface area contributed by atoms with Gasteiger partial charge in [-0.3, -0.25) is 4.79 Å². The number of rotatable bonds is 8. The summed E-state index contributed by atoms with van der Waals surface area (Å²) in [7, 11) is 1.58. The van der Waals surface area contributed by atoms with Crippen molar-refractivity contribution in [2.24, 2.45) is 0 Å². The topological polar surface area (TPSA) is 98.5 Å². The van der Waals surface area contributed by atoms with Crippen LogP contribution < -0.4 is 14.8 Å². The molecule has 0 saturated heterocycles. The lowest BCUT2D eigenvalue weighted by molar-refractivity contribution is 0.101. The molecule has 1 amide bonds. The Hall–Kier alpha value is -4.17. The van der Waals surface area contributed by atoms with Crippen molar-refractivity contribution in [3.05, 3.63) is 96.6 Å². The molecule has 8 heteroatoms. The summed E-state index contributed by atoms with van der Waals surface area (Å²) in [5.74, 6) is 1.66. The highest BCUT2D eigenvalue weighted by Gasteiger charge is 2.15. The van der Waals surface area contributed by atoms with E-state index < -0.39 is 12.0 Å². The van der Waals surface area contributed by atoms with Gasteiger partial charge >= 0.3 is 0 Å². The molecule has 162 valence electrons. The number of nitrogens with one attached hydrogen (secondary N) is 1. The summed E-state index contributed by atoms with van der Waals surface area (Å²) in [6.45, 7) is 0.165. The van der Waals surface area contributed by atoms with Crippen molar-refractivity contribution in [3.63, 3.8) is 0 Å². The SMILES string of the molecule is COc1ccc(C(O)Cn2cnc(C(=O)Nc3ccc(Oc4ccccc4)cc3)n2)cc1. The number of anilines is 1. The van der Waals surface area contributed by atoms with Crippen molar-refractivity contribution in [2.75, 3.05) is 12.4 Å². The molecular formula is C24H22N4O4. The van der Waals surface area contributed by atoms with Crippen LogP contribution in [0.1, 0.15) is 22.3 Å². The molecule has 0 fully saturated rings. The van der Waals surface area contributed by atoms with Crippen molar-refractivity contribution in [3.8, 4) is 17.2 Å². The Bertz CT molecular complexity index is 1160. The van der Waals surface area contributed by atoms with E-state index in [4.69, 9.17) is 9.47 Å². The van der Waals surface area contributed by atoms with Gasteiger partial charge in [0, 0.05) is 5.69 Å². The zero-order valence-electron chi connectivity index (χ0n) is 17.4. The number of amides is 1. The predicted octanol–water partition coefficient (Wildman–Crippen LogP) is 4.06. The molecule has 3 aromatic carbocycles. The minimum Gasteiger partial charge on any atom is -0.497 e. The number of nitrogens with zero attached hydrogens (tertiary/aromatic N) is 3. The molecule has 4 rings (SSSR count). The molecule has 4 aromatic rings. The number of hydrogen-bond acceptors (Lipinski definition) is 6. The molecule has 0 radical (unpaired) electrons. The first-order chi connectivity index (χ1) is 15.6. The molecule has 0 bridgehead atoms. The summed E-state index contributed by atoms with van der Waals surface area (Å²) in [6.07, 6.45) is 0.619. The highest BCUT2D eigenvalue weighted by atomic mass is 16.5. The van der Waals surface area contributed by atoms with Crippen LogP contribution >= 0.6 is 0 Å². The normalized spacial score (nSPS) is 11.6. The van der Waals surface area contributed by atoms with E-state index in [0.29, 0.717) is 22.7 Å². The molecule has 2 N–H and O–H groups in total. The van der Waals surface area contributed by atoms with Crippen LogP contribution in [0, 0.1) is 0 Å². The fourth-order valence-corrected chi connectivity index (χ4v) is 3.01. The molecule has 8 nitrogen and oxygen atoms in total. The molecule has 0 spiro atoms. The molecule has 1 unspecified atom stereocenters. The minimum absolute atomic E-state index is 0.0107. The summed E-state index contributed by atoms with van der Waals surface area (Å²) in [5.41, 5.74) is 1.30. The Kier molecular flexibility index (Phi) is 6.43. The highest BCUT2D eigenvalue weighted by molar-refractivity contribution is 6.01. The maximum Gasteiger partial charge on any atom is 0.295 e. The van der Waals surface area contributed by atoms with Gasteiger partial charge in [0.1, 0.15) is 23.6 Å². The summed E-state index contributed by atoms with van der Waals surface area (Å²) >= 11 is 0. The van der Waals surface area contributed by atoms with E-state index in [-0.39, 0.29) is 12.4 Å². The van der Waals surface area contributed by atoms with Crippen LogP contribution in [0.4, 0.5) is 5.69 Å². The van der Waals surface area contributed by atoms with Crippen LogP contribution in [-0.2, 0) is 6.54 Å². The lowest BCUT2D eigenvalue weighted by Gasteiger charge is -2.11. The molecular weight excluding hydrogens is 408 g/mol. The van der Waals surface area contributed by atoms with Crippen LogP contribution in [0.3, 0.4) is 0 Å². The van der Waals surface area contributed by atoms with Crippen LogP contribution in [-0.4, -0.2) is 32.9 Å². The van der Waals surface area contributed by atoms with Crippen molar-refractivity contribution in [1.82, 2.24) is 14.8 Å². The smallest absolute Gasteiger partial charge is 0.295 e. The van der Waals surface area contributed by atoms with Gasteiger partial charge in [0.25, 0.3) is 5.91 Å². The standard InChI is InChI=1S/C24H22N4O4/c1-31-19-11-7-17(8-12-19)22(29)15-28-16-25-23(27-28)24(30)26-18-9-13-21(14-10-18)32-20-5-3-2-4-6-20/h2-14,16,22,29H,15H2,1H3,(H,26,30). The largest absolute Gasteiger partial charge is 0.497 e. The number of hydrogen-bond donors (Lipinski definition) is 2. The van der Waals surface area contributed by atoms with Gasteiger partial charge in [-0.2, -0.15) is 0 Å². The van der Waals surface area contributed by atoms with E-state index in [1.54, 1.807) is 55.6 Å². The number of aromatic nitrogens is 3. The summed E-state index contributed by atoms with van der Waals surface area (Å²) < 4.78 is 12.3. The summed E-state index contributed by atoms with van der Waals surface area (Å²) in [5, 5.41) is 17.3. The lowest BCUT2D eigenvalue weighted by atomic mass is 10.1. The van der Waals surface area contributed by atoms with Gasteiger partial charge < -0.3 is 19.9 Å². The molecule has 1 atom stereocenters. The van der Waals surface area contributed by atoms with Gasteiger partial charge in [-0.05, 0) is 54.1 Å². The number of methoxy groups -OCH3 is 1. The van der Waals surface area contributed by atoms with Gasteiger partial charge in [-0.25, -0.2) is 9.67 Å². The third kappa shape index (κ3) is 5.30. The van der Waals surface area contributed by atoms with E-state index >= 15 is 0 Å². The third-order valence-corrected chi connectivity index (χ3v) is 4.69. The van der Waals surface area contributed by atoms with Gasteiger partial charge in [0.2, 0.25) is 5.82 Å². The fourth-order valence-electron chi connectivity index (χ4n) is 3.01. The van der Waals surface area contributed by atoms with E-state index in [1.807, 2.05) is 30.3 Å². The second kappa shape index (κ2) is 9.76. The molecule has 0 aliphatic rings. The molecule has 0 aliphatic carbocycles. The first-order valence-electron chi connectivity index (χ1n) is 9.96. The molecule has 1 heterocycles. The van der Waals surface area contributed by atoms with E-state index in [9.17, 15) is 9.90 Å². The number of carbonyl (C=O) groups is 1. The predicted molar refractivity (Wildman–Crippen MR) is 119 cm³/mol. The fraction of sp³-hybridized carbons (Fsp3) is 0.125. The van der Waals surface area contributed by atoms with Crippen molar-refractivity contribution >= 4 is 11.6 Å². The monoisotopic (exact) mass is 430 g/mol.